The molecule has 2 N–H and O–H groups in total. The van der Waals surface area contributed by atoms with Gasteiger partial charge < -0.3 is 15.3 Å². The average molecular weight is 212 g/mol. The zero-order valence-corrected chi connectivity index (χ0v) is 9.78. The van der Waals surface area contributed by atoms with Crippen molar-refractivity contribution in [3.63, 3.8) is 0 Å². The summed E-state index contributed by atoms with van der Waals surface area (Å²) in [6.45, 7) is 6.51. The van der Waals surface area contributed by atoms with Crippen LogP contribution < -0.4 is 5.32 Å². The lowest BCUT2D eigenvalue weighted by Gasteiger charge is -2.33. The zero-order valence-electron chi connectivity index (χ0n) is 9.78. The smallest absolute Gasteiger partial charge is 0.0693 e. The van der Waals surface area contributed by atoms with Gasteiger partial charge in [-0.2, -0.15) is 0 Å². The minimum atomic E-state index is -0.121. The van der Waals surface area contributed by atoms with E-state index in [0.29, 0.717) is 5.92 Å². The van der Waals surface area contributed by atoms with Gasteiger partial charge in [-0.05, 0) is 51.2 Å². The molecule has 0 bridgehead atoms. The van der Waals surface area contributed by atoms with Crippen LogP contribution in [0.15, 0.2) is 0 Å². The molecule has 0 amide bonds. The summed E-state index contributed by atoms with van der Waals surface area (Å²) in [4.78, 5) is 2.47. The first-order valence-electron chi connectivity index (χ1n) is 6.43. The van der Waals surface area contributed by atoms with Gasteiger partial charge in [-0.15, -0.1) is 0 Å². The third-order valence-electron chi connectivity index (χ3n) is 3.82. The molecule has 0 aromatic heterocycles. The lowest BCUT2D eigenvalue weighted by atomic mass is 9.91. The molecule has 0 spiro atoms. The normalized spacial score (nSPS) is 26.8. The third kappa shape index (κ3) is 3.44. The second-order valence-electron chi connectivity index (χ2n) is 5.02. The van der Waals surface area contributed by atoms with Crippen molar-refractivity contribution in [3.8, 4) is 0 Å². The number of aliphatic hydroxyl groups excluding tert-OH is 1. The second kappa shape index (κ2) is 5.28. The standard InChI is InChI=1S/C12H24N2O/c1-2-14-7-5-10(6-8-14)12(15)9-13-11-3-4-11/h10-13,15H,2-9H2,1H3. The molecule has 0 radical (unpaired) electrons. The van der Waals surface area contributed by atoms with Crippen molar-refractivity contribution in [1.29, 1.82) is 0 Å². The molecular formula is C12H24N2O. The van der Waals surface area contributed by atoms with Crippen molar-refractivity contribution in [3.05, 3.63) is 0 Å². The van der Waals surface area contributed by atoms with Gasteiger partial charge in [-0.25, -0.2) is 0 Å². The maximum absolute atomic E-state index is 10.0. The van der Waals surface area contributed by atoms with Crippen LogP contribution in [0.25, 0.3) is 0 Å². The quantitative estimate of drug-likeness (QED) is 0.708. The minimum Gasteiger partial charge on any atom is -0.392 e. The summed E-state index contributed by atoms with van der Waals surface area (Å²) in [6, 6.07) is 0.718. The molecule has 1 heterocycles. The first-order chi connectivity index (χ1) is 7.29. The SMILES string of the molecule is CCN1CCC(C(O)CNC2CC2)CC1. The maximum atomic E-state index is 10.0. The molecule has 3 nitrogen and oxygen atoms in total. The first kappa shape index (κ1) is 11.4. The second-order valence-corrected chi connectivity index (χ2v) is 5.02. The Balaban J connectivity index is 1.64. The fourth-order valence-electron chi connectivity index (χ4n) is 2.40. The monoisotopic (exact) mass is 212 g/mol. The van der Waals surface area contributed by atoms with E-state index >= 15 is 0 Å². The average Bonchev–Trinajstić information content (AvgIpc) is 3.10. The number of hydrogen-bond acceptors (Lipinski definition) is 3. The Labute approximate surface area is 92.8 Å². The summed E-state index contributed by atoms with van der Waals surface area (Å²) in [7, 11) is 0. The van der Waals surface area contributed by atoms with Crippen LogP contribution in [0.3, 0.4) is 0 Å². The van der Waals surface area contributed by atoms with Crippen LogP contribution in [-0.4, -0.2) is 48.3 Å². The number of piperidine rings is 1. The van der Waals surface area contributed by atoms with Gasteiger partial charge in [0.2, 0.25) is 0 Å². The fraction of sp³-hybridized carbons (Fsp3) is 1.00. The number of nitrogens with zero attached hydrogens (tertiary/aromatic N) is 1. The topological polar surface area (TPSA) is 35.5 Å². The maximum Gasteiger partial charge on any atom is 0.0693 e. The molecule has 88 valence electrons. The van der Waals surface area contributed by atoms with Gasteiger partial charge in [-0.3, -0.25) is 0 Å². The predicted octanol–water partition coefficient (Wildman–Crippen LogP) is 0.831. The van der Waals surface area contributed by atoms with Crippen molar-refractivity contribution in [1.82, 2.24) is 10.2 Å². The highest BCUT2D eigenvalue weighted by atomic mass is 16.3. The van der Waals surface area contributed by atoms with E-state index in [0.717, 1.165) is 19.1 Å². The number of aliphatic hydroxyl groups is 1. The van der Waals surface area contributed by atoms with E-state index in [2.05, 4.69) is 17.1 Å². The Hall–Kier alpha value is -0.120. The number of likely N-dealkylation sites (tertiary alicyclic amines) is 1. The summed E-state index contributed by atoms with van der Waals surface area (Å²) >= 11 is 0. The zero-order chi connectivity index (χ0) is 10.7. The van der Waals surface area contributed by atoms with E-state index < -0.39 is 0 Å². The summed E-state index contributed by atoms with van der Waals surface area (Å²) in [5.41, 5.74) is 0. The highest BCUT2D eigenvalue weighted by Crippen LogP contribution is 2.22. The van der Waals surface area contributed by atoms with E-state index in [-0.39, 0.29) is 6.10 Å². The van der Waals surface area contributed by atoms with Crippen molar-refractivity contribution in [2.45, 2.75) is 44.8 Å². The van der Waals surface area contributed by atoms with Gasteiger partial charge in [0.1, 0.15) is 0 Å². The van der Waals surface area contributed by atoms with Gasteiger partial charge in [0.25, 0.3) is 0 Å². The first-order valence-corrected chi connectivity index (χ1v) is 6.43. The minimum absolute atomic E-state index is 0.121. The van der Waals surface area contributed by atoms with Gasteiger partial charge in [0, 0.05) is 12.6 Å². The van der Waals surface area contributed by atoms with Crippen molar-refractivity contribution in [2.75, 3.05) is 26.2 Å². The molecule has 1 unspecified atom stereocenters. The van der Waals surface area contributed by atoms with Crippen LogP contribution in [0.4, 0.5) is 0 Å². The van der Waals surface area contributed by atoms with Crippen molar-refractivity contribution in [2.24, 2.45) is 5.92 Å². The molecule has 15 heavy (non-hydrogen) atoms. The molecule has 3 heteroatoms. The summed E-state index contributed by atoms with van der Waals surface area (Å²) in [6.07, 6.45) is 4.83. The Bertz CT molecular complexity index is 186. The Morgan fingerprint density at radius 3 is 2.47 bits per heavy atom. The molecule has 2 fully saturated rings. The molecule has 2 aliphatic rings. The number of rotatable bonds is 5. The lowest BCUT2D eigenvalue weighted by Crippen LogP contribution is -2.41. The van der Waals surface area contributed by atoms with Crippen molar-refractivity contribution < 1.29 is 5.11 Å². The predicted molar refractivity (Wildman–Crippen MR) is 61.9 cm³/mol. The van der Waals surface area contributed by atoms with Crippen LogP contribution in [0.5, 0.6) is 0 Å². The molecule has 1 atom stereocenters. The van der Waals surface area contributed by atoms with Crippen molar-refractivity contribution >= 4 is 0 Å². The fourth-order valence-corrected chi connectivity index (χ4v) is 2.40. The van der Waals surface area contributed by atoms with E-state index in [1.807, 2.05) is 0 Å². The van der Waals surface area contributed by atoms with Gasteiger partial charge in [0.15, 0.2) is 0 Å². The van der Waals surface area contributed by atoms with Crippen LogP contribution >= 0.6 is 0 Å². The third-order valence-corrected chi connectivity index (χ3v) is 3.82. The molecule has 1 aliphatic heterocycles. The van der Waals surface area contributed by atoms with E-state index in [4.69, 9.17) is 0 Å². The number of nitrogens with one attached hydrogen (secondary N) is 1. The van der Waals surface area contributed by atoms with E-state index in [1.165, 1.54) is 38.8 Å². The largest absolute Gasteiger partial charge is 0.392 e. The van der Waals surface area contributed by atoms with Crippen LogP contribution in [0.1, 0.15) is 32.6 Å². The molecule has 1 saturated carbocycles. The highest BCUT2D eigenvalue weighted by Gasteiger charge is 2.27. The molecule has 0 aromatic carbocycles. The van der Waals surface area contributed by atoms with Gasteiger partial charge in [0.05, 0.1) is 6.10 Å². The van der Waals surface area contributed by atoms with Gasteiger partial charge >= 0.3 is 0 Å². The lowest BCUT2D eigenvalue weighted by molar-refractivity contribution is 0.0605. The van der Waals surface area contributed by atoms with E-state index in [9.17, 15) is 5.11 Å². The van der Waals surface area contributed by atoms with Crippen LogP contribution in [0, 0.1) is 5.92 Å². The summed E-state index contributed by atoms with van der Waals surface area (Å²) in [5, 5.41) is 13.4. The molecule has 0 aromatic rings. The summed E-state index contributed by atoms with van der Waals surface area (Å²) < 4.78 is 0. The molecule has 1 saturated heterocycles. The Morgan fingerprint density at radius 2 is 1.93 bits per heavy atom. The van der Waals surface area contributed by atoms with Crippen LogP contribution in [0.2, 0.25) is 0 Å². The van der Waals surface area contributed by atoms with Gasteiger partial charge in [-0.1, -0.05) is 6.92 Å². The molecular weight excluding hydrogens is 188 g/mol. The van der Waals surface area contributed by atoms with Crippen LogP contribution in [-0.2, 0) is 0 Å². The number of hydrogen-bond donors (Lipinski definition) is 2. The summed E-state index contributed by atoms with van der Waals surface area (Å²) in [5.74, 6) is 0.527. The Morgan fingerprint density at radius 1 is 1.27 bits per heavy atom. The molecule has 2 rings (SSSR count). The van der Waals surface area contributed by atoms with E-state index in [1.54, 1.807) is 0 Å². The Kier molecular flexibility index (Phi) is 4.00. The molecule has 1 aliphatic carbocycles. The highest BCUT2D eigenvalue weighted by molar-refractivity contribution is 4.84.